The molecule has 2 aliphatic heterocycles. The quantitative estimate of drug-likeness (QED) is 0.374. The van der Waals surface area contributed by atoms with E-state index in [1.165, 1.54) is 24.1 Å². The number of hydrogen-bond donors (Lipinski definition) is 1. The summed E-state index contributed by atoms with van der Waals surface area (Å²) in [6, 6.07) is 11.6. The zero-order valence-electron chi connectivity index (χ0n) is 20.3. The number of nitrogens with one attached hydrogen (secondary N) is 1. The van der Waals surface area contributed by atoms with Crippen LogP contribution in [0.4, 0.5) is 10.2 Å². The van der Waals surface area contributed by atoms with Gasteiger partial charge in [0.05, 0.1) is 17.6 Å². The highest BCUT2D eigenvalue weighted by Gasteiger charge is 2.26. The number of imidazole rings is 1. The van der Waals surface area contributed by atoms with Gasteiger partial charge in [0, 0.05) is 55.4 Å². The van der Waals surface area contributed by atoms with Gasteiger partial charge in [0.25, 0.3) is 0 Å². The number of fused-ring (bicyclic) bond motifs is 5. The van der Waals surface area contributed by atoms with Crippen LogP contribution in [0.15, 0.2) is 61.2 Å². The fourth-order valence-electron chi connectivity index (χ4n) is 5.21. The zero-order valence-corrected chi connectivity index (χ0v) is 20.3. The zero-order chi connectivity index (χ0) is 23.9. The van der Waals surface area contributed by atoms with Crippen molar-refractivity contribution in [2.45, 2.75) is 39.3 Å². The Bertz CT molecular complexity index is 1340. The van der Waals surface area contributed by atoms with Gasteiger partial charge >= 0.3 is 0 Å². The Labute approximate surface area is 205 Å². The highest BCUT2D eigenvalue weighted by Crippen LogP contribution is 2.35. The fraction of sp³-hybridized carbons (Fsp3) is 0.357. The highest BCUT2D eigenvalue weighted by atomic mass is 19.1. The lowest BCUT2D eigenvalue weighted by Gasteiger charge is -2.20. The van der Waals surface area contributed by atoms with Crippen LogP contribution in [0.2, 0.25) is 0 Å². The maximum absolute atomic E-state index is 13.5. The highest BCUT2D eigenvalue weighted by molar-refractivity contribution is 5.71. The van der Waals surface area contributed by atoms with Gasteiger partial charge in [-0.1, -0.05) is 19.1 Å². The summed E-state index contributed by atoms with van der Waals surface area (Å²) >= 11 is 0. The van der Waals surface area contributed by atoms with Gasteiger partial charge in [0.15, 0.2) is 5.82 Å². The van der Waals surface area contributed by atoms with Crippen LogP contribution in [0.5, 0.6) is 0 Å². The van der Waals surface area contributed by atoms with Gasteiger partial charge in [0.2, 0.25) is 0 Å². The first-order chi connectivity index (χ1) is 17.1. The number of anilines is 1. The molecule has 1 N–H and O–H groups in total. The molecule has 0 aliphatic carbocycles. The Morgan fingerprint density at radius 3 is 2.83 bits per heavy atom. The smallest absolute Gasteiger partial charge is 0.161 e. The Kier molecular flexibility index (Phi) is 5.65. The number of aromatic nitrogens is 4. The molecule has 1 aromatic carbocycles. The van der Waals surface area contributed by atoms with Gasteiger partial charge in [-0.2, -0.15) is 0 Å². The predicted molar refractivity (Wildman–Crippen MR) is 137 cm³/mol. The van der Waals surface area contributed by atoms with Gasteiger partial charge in [0.1, 0.15) is 11.6 Å². The minimum atomic E-state index is -0.223. The first-order valence-corrected chi connectivity index (χ1v) is 12.6. The van der Waals surface area contributed by atoms with E-state index < -0.39 is 0 Å². The summed E-state index contributed by atoms with van der Waals surface area (Å²) in [6.45, 7) is 8.35. The monoisotopic (exact) mass is 470 g/mol. The van der Waals surface area contributed by atoms with Gasteiger partial charge in [-0.3, -0.25) is 4.57 Å². The van der Waals surface area contributed by atoms with Gasteiger partial charge in [-0.15, -0.1) is 0 Å². The van der Waals surface area contributed by atoms with Gasteiger partial charge in [-0.05, 0) is 62.1 Å². The number of halogens is 1. The van der Waals surface area contributed by atoms with Crippen molar-refractivity contribution in [3.63, 3.8) is 0 Å². The Hall–Kier alpha value is -3.45. The molecule has 6 nitrogen and oxygen atoms in total. The topological polar surface area (TPSA) is 50.9 Å². The van der Waals surface area contributed by atoms with E-state index in [1.54, 1.807) is 0 Å². The van der Waals surface area contributed by atoms with Crippen LogP contribution in [0.1, 0.15) is 32.3 Å². The minimum absolute atomic E-state index is 0.223. The third kappa shape index (κ3) is 4.14. The molecule has 0 bridgehead atoms. The lowest BCUT2D eigenvalue weighted by molar-refractivity contribution is 0.456. The maximum Gasteiger partial charge on any atom is 0.161 e. The van der Waals surface area contributed by atoms with Crippen molar-refractivity contribution in [3.05, 3.63) is 72.6 Å². The normalized spacial score (nSPS) is 17.6. The number of nitrogens with zero attached hydrogens (tertiary/aromatic N) is 5. The molecule has 35 heavy (non-hydrogen) atoms. The molecule has 0 amide bonds. The average molecular weight is 471 g/mol. The standard InChI is InChI=1S/C28H31FN6/c1-3-19(2)31-14-20-8-10-33(16-20)27-13-23-18-34-17-22(21-4-6-24(29)7-5-21)12-25(34)28-30-9-11-35(28)26(23)15-32-27/h4-7,9,11-13,15,17,19-20,31H,3,8,10,14,16,18H2,1-2H3/t19-,20-/m1/s1. The molecule has 4 aromatic rings. The van der Waals surface area contributed by atoms with E-state index in [4.69, 9.17) is 4.98 Å². The molecule has 1 fully saturated rings. The molecule has 0 radical (unpaired) electrons. The predicted octanol–water partition coefficient (Wildman–Crippen LogP) is 5.12. The summed E-state index contributed by atoms with van der Waals surface area (Å²) in [6.07, 6.45) is 10.3. The molecule has 7 heteroatoms. The molecule has 180 valence electrons. The fourth-order valence-corrected chi connectivity index (χ4v) is 5.21. The first kappa shape index (κ1) is 22.0. The van der Waals surface area contributed by atoms with Crippen molar-refractivity contribution in [1.29, 1.82) is 0 Å². The number of rotatable bonds is 6. The van der Waals surface area contributed by atoms with E-state index in [-0.39, 0.29) is 5.82 Å². The van der Waals surface area contributed by atoms with Crippen LogP contribution in [0, 0.1) is 11.7 Å². The van der Waals surface area contributed by atoms with E-state index in [0.29, 0.717) is 12.0 Å². The molecule has 0 unspecified atom stereocenters. The molecular formula is C28H31FN6. The van der Waals surface area contributed by atoms with Crippen LogP contribution in [0.25, 0.3) is 28.3 Å². The summed E-state index contributed by atoms with van der Waals surface area (Å²) in [5.74, 6) is 2.37. The second-order valence-electron chi connectivity index (χ2n) is 9.86. The van der Waals surface area contributed by atoms with E-state index in [9.17, 15) is 4.39 Å². The lowest BCUT2D eigenvalue weighted by Crippen LogP contribution is -2.32. The molecular weight excluding hydrogens is 439 g/mol. The minimum Gasteiger partial charge on any atom is -0.356 e. The molecule has 0 saturated carbocycles. The van der Waals surface area contributed by atoms with Crippen LogP contribution < -0.4 is 10.2 Å². The SMILES string of the molecule is CC[C@@H](C)NC[C@H]1CCN(c2cc3c(cn2)-n2ccnc2-c2cc(-c4ccc(F)cc4)cn2C3)C1. The van der Waals surface area contributed by atoms with E-state index in [0.717, 1.165) is 66.8 Å². The summed E-state index contributed by atoms with van der Waals surface area (Å²) in [4.78, 5) is 12.0. The van der Waals surface area contributed by atoms with Crippen LogP contribution in [-0.2, 0) is 6.54 Å². The lowest BCUT2D eigenvalue weighted by atomic mass is 10.1. The molecule has 3 aromatic heterocycles. The summed E-state index contributed by atoms with van der Waals surface area (Å²) < 4.78 is 17.8. The molecule has 1 saturated heterocycles. The largest absolute Gasteiger partial charge is 0.356 e. The molecule has 0 spiro atoms. The first-order valence-electron chi connectivity index (χ1n) is 12.6. The number of benzene rings is 1. The summed E-state index contributed by atoms with van der Waals surface area (Å²) in [7, 11) is 0. The maximum atomic E-state index is 13.5. The molecule has 2 atom stereocenters. The van der Waals surface area contributed by atoms with Crippen LogP contribution in [-0.4, -0.2) is 44.8 Å². The Morgan fingerprint density at radius 1 is 1.14 bits per heavy atom. The van der Waals surface area contributed by atoms with Crippen molar-refractivity contribution in [1.82, 2.24) is 24.4 Å². The number of pyridine rings is 1. The van der Waals surface area contributed by atoms with Crippen molar-refractivity contribution < 1.29 is 4.39 Å². The third-order valence-corrected chi connectivity index (χ3v) is 7.47. The van der Waals surface area contributed by atoms with Crippen LogP contribution in [0.3, 0.4) is 0 Å². The van der Waals surface area contributed by atoms with Crippen molar-refractivity contribution in [2.24, 2.45) is 5.92 Å². The van der Waals surface area contributed by atoms with E-state index in [2.05, 4.69) is 56.5 Å². The number of hydrogen-bond acceptors (Lipinski definition) is 4. The van der Waals surface area contributed by atoms with E-state index in [1.807, 2.05) is 30.7 Å². The average Bonchev–Trinajstić information content (AvgIpc) is 3.62. The van der Waals surface area contributed by atoms with Gasteiger partial charge in [-0.25, -0.2) is 14.4 Å². The van der Waals surface area contributed by atoms with Crippen molar-refractivity contribution in [3.8, 4) is 28.3 Å². The van der Waals surface area contributed by atoms with Crippen molar-refractivity contribution >= 4 is 5.82 Å². The van der Waals surface area contributed by atoms with Crippen LogP contribution >= 0.6 is 0 Å². The van der Waals surface area contributed by atoms with Gasteiger partial charge < -0.3 is 14.8 Å². The van der Waals surface area contributed by atoms with E-state index >= 15 is 0 Å². The van der Waals surface area contributed by atoms with Crippen molar-refractivity contribution in [2.75, 3.05) is 24.5 Å². The molecule has 2 aliphatic rings. The third-order valence-electron chi connectivity index (χ3n) is 7.47. The summed E-state index contributed by atoms with van der Waals surface area (Å²) in [5, 5.41) is 3.66. The summed E-state index contributed by atoms with van der Waals surface area (Å²) in [5.41, 5.74) is 5.39. The molecule has 6 rings (SSSR count). The Morgan fingerprint density at radius 2 is 2.00 bits per heavy atom. The second-order valence-corrected chi connectivity index (χ2v) is 9.86. The Balaban J connectivity index is 1.30. The molecule has 5 heterocycles. The second kappa shape index (κ2) is 8.96.